The maximum absolute atomic E-state index is 13.7. The van der Waals surface area contributed by atoms with Crippen LogP contribution in [0, 0.1) is 12.7 Å². The first kappa shape index (κ1) is 14.1. The van der Waals surface area contributed by atoms with Gasteiger partial charge in [0.05, 0.1) is 11.6 Å². The van der Waals surface area contributed by atoms with Crippen LogP contribution >= 0.6 is 0 Å². The predicted octanol–water partition coefficient (Wildman–Crippen LogP) is 4.01. The minimum atomic E-state index is -0.968. The van der Waals surface area contributed by atoms with Gasteiger partial charge in [-0.2, -0.15) is 0 Å². The van der Waals surface area contributed by atoms with Crippen LogP contribution in [0.15, 0.2) is 42.5 Å². The first-order valence-electron chi connectivity index (χ1n) is 6.34. The molecule has 0 heterocycles. The Balaban J connectivity index is 2.29. The summed E-state index contributed by atoms with van der Waals surface area (Å²) in [5.74, 6) is -1.25. The van der Waals surface area contributed by atoms with Crippen LogP contribution in [0.1, 0.15) is 34.5 Å². The van der Waals surface area contributed by atoms with Crippen molar-refractivity contribution in [3.05, 3.63) is 65.0 Å². The molecule has 2 aromatic carbocycles. The monoisotopic (exact) mass is 273 g/mol. The molecule has 0 saturated heterocycles. The standard InChI is InChI=1S/C16H16FNO2/c1-10-12(16(19)20)7-5-9-15(10)18-11(2)13-6-3-4-8-14(13)17/h3-9,11,18H,1-2H3,(H,19,20). The van der Waals surface area contributed by atoms with Crippen molar-refractivity contribution < 1.29 is 14.3 Å². The molecule has 2 aromatic rings. The SMILES string of the molecule is Cc1c(NC(C)c2ccccc2F)cccc1C(=O)O. The quantitative estimate of drug-likeness (QED) is 0.885. The van der Waals surface area contributed by atoms with Crippen LogP contribution in [0.25, 0.3) is 0 Å². The van der Waals surface area contributed by atoms with Crippen molar-refractivity contribution in [2.45, 2.75) is 19.9 Å². The molecule has 3 nitrogen and oxygen atoms in total. The van der Waals surface area contributed by atoms with Gasteiger partial charge in [0, 0.05) is 11.3 Å². The van der Waals surface area contributed by atoms with E-state index in [2.05, 4.69) is 5.32 Å². The molecule has 20 heavy (non-hydrogen) atoms. The minimum absolute atomic E-state index is 0.246. The maximum Gasteiger partial charge on any atom is 0.336 e. The van der Waals surface area contributed by atoms with Crippen molar-refractivity contribution in [3.8, 4) is 0 Å². The summed E-state index contributed by atoms with van der Waals surface area (Å²) in [7, 11) is 0. The maximum atomic E-state index is 13.7. The Bertz CT molecular complexity index is 640. The van der Waals surface area contributed by atoms with Gasteiger partial charge in [-0.3, -0.25) is 0 Å². The summed E-state index contributed by atoms with van der Waals surface area (Å²) >= 11 is 0. The number of carboxylic acid groups (broad SMARTS) is 1. The van der Waals surface area contributed by atoms with E-state index in [1.807, 2.05) is 6.92 Å². The van der Waals surface area contributed by atoms with Crippen molar-refractivity contribution in [3.63, 3.8) is 0 Å². The number of hydrogen-bond acceptors (Lipinski definition) is 2. The smallest absolute Gasteiger partial charge is 0.336 e. The van der Waals surface area contributed by atoms with Gasteiger partial charge in [-0.05, 0) is 37.6 Å². The highest BCUT2D eigenvalue weighted by Crippen LogP contribution is 2.25. The largest absolute Gasteiger partial charge is 0.478 e. The van der Waals surface area contributed by atoms with Crippen LogP contribution in [-0.4, -0.2) is 11.1 Å². The molecule has 1 atom stereocenters. The highest BCUT2D eigenvalue weighted by atomic mass is 19.1. The molecule has 0 bridgehead atoms. The van der Waals surface area contributed by atoms with Crippen LogP contribution in [0.4, 0.5) is 10.1 Å². The number of rotatable bonds is 4. The van der Waals surface area contributed by atoms with E-state index < -0.39 is 5.97 Å². The molecule has 0 aliphatic rings. The predicted molar refractivity (Wildman–Crippen MR) is 76.6 cm³/mol. The fourth-order valence-electron chi connectivity index (χ4n) is 2.16. The first-order chi connectivity index (χ1) is 9.50. The number of hydrogen-bond donors (Lipinski definition) is 2. The van der Waals surface area contributed by atoms with E-state index in [0.29, 0.717) is 16.8 Å². The average molecular weight is 273 g/mol. The lowest BCUT2D eigenvalue weighted by Crippen LogP contribution is -2.11. The number of carbonyl (C=O) groups is 1. The van der Waals surface area contributed by atoms with Crippen molar-refractivity contribution in [2.75, 3.05) is 5.32 Å². The number of carboxylic acids is 1. The lowest BCUT2D eigenvalue weighted by molar-refractivity contribution is 0.0696. The number of aromatic carboxylic acids is 1. The highest BCUT2D eigenvalue weighted by Gasteiger charge is 2.14. The van der Waals surface area contributed by atoms with E-state index in [-0.39, 0.29) is 17.4 Å². The summed E-state index contributed by atoms with van der Waals surface area (Å²) in [6.45, 7) is 3.57. The van der Waals surface area contributed by atoms with Crippen molar-refractivity contribution in [2.24, 2.45) is 0 Å². The number of anilines is 1. The second-order valence-electron chi connectivity index (χ2n) is 4.67. The van der Waals surface area contributed by atoms with Crippen LogP contribution in [-0.2, 0) is 0 Å². The molecular formula is C16H16FNO2. The molecule has 0 amide bonds. The molecule has 0 aliphatic heterocycles. The van der Waals surface area contributed by atoms with Gasteiger partial charge in [0.15, 0.2) is 0 Å². The molecule has 0 aromatic heterocycles. The lowest BCUT2D eigenvalue weighted by atomic mass is 10.0. The molecule has 0 fully saturated rings. The Kier molecular flexibility index (Phi) is 4.03. The summed E-state index contributed by atoms with van der Waals surface area (Å²) < 4.78 is 13.7. The normalized spacial score (nSPS) is 11.9. The number of benzene rings is 2. The van der Waals surface area contributed by atoms with Crippen LogP contribution < -0.4 is 5.32 Å². The number of halogens is 1. The van der Waals surface area contributed by atoms with Crippen molar-refractivity contribution >= 4 is 11.7 Å². The molecule has 4 heteroatoms. The van der Waals surface area contributed by atoms with Gasteiger partial charge in [-0.15, -0.1) is 0 Å². The highest BCUT2D eigenvalue weighted by molar-refractivity contribution is 5.91. The summed E-state index contributed by atoms with van der Waals surface area (Å²) in [5.41, 5.74) is 2.13. The average Bonchev–Trinajstić information content (AvgIpc) is 2.41. The Labute approximate surface area is 117 Å². The second kappa shape index (κ2) is 5.74. The van der Waals surface area contributed by atoms with Gasteiger partial charge in [0.1, 0.15) is 5.82 Å². The zero-order chi connectivity index (χ0) is 14.7. The van der Waals surface area contributed by atoms with E-state index in [9.17, 15) is 9.18 Å². The van der Waals surface area contributed by atoms with Gasteiger partial charge < -0.3 is 10.4 Å². The molecule has 0 aliphatic carbocycles. The van der Waals surface area contributed by atoms with Gasteiger partial charge >= 0.3 is 5.97 Å². The molecule has 2 N–H and O–H groups in total. The zero-order valence-electron chi connectivity index (χ0n) is 11.4. The lowest BCUT2D eigenvalue weighted by Gasteiger charge is -2.18. The van der Waals surface area contributed by atoms with Gasteiger partial charge in [0.2, 0.25) is 0 Å². The Hall–Kier alpha value is -2.36. The van der Waals surface area contributed by atoms with Gasteiger partial charge in [-0.1, -0.05) is 24.3 Å². The van der Waals surface area contributed by atoms with Crippen molar-refractivity contribution in [1.82, 2.24) is 0 Å². The molecule has 104 valence electrons. The first-order valence-corrected chi connectivity index (χ1v) is 6.34. The minimum Gasteiger partial charge on any atom is -0.478 e. The summed E-state index contributed by atoms with van der Waals surface area (Å²) in [5, 5.41) is 12.3. The van der Waals surface area contributed by atoms with Crippen molar-refractivity contribution in [1.29, 1.82) is 0 Å². The Morgan fingerprint density at radius 1 is 1.20 bits per heavy atom. The van der Waals surface area contributed by atoms with Gasteiger partial charge in [-0.25, -0.2) is 9.18 Å². The second-order valence-corrected chi connectivity index (χ2v) is 4.67. The Morgan fingerprint density at radius 2 is 1.90 bits per heavy atom. The van der Waals surface area contributed by atoms with E-state index in [1.165, 1.54) is 6.07 Å². The van der Waals surface area contributed by atoms with E-state index >= 15 is 0 Å². The Morgan fingerprint density at radius 3 is 2.55 bits per heavy atom. The van der Waals surface area contributed by atoms with E-state index in [4.69, 9.17) is 5.11 Å². The van der Waals surface area contributed by atoms with Crippen LogP contribution in [0.5, 0.6) is 0 Å². The van der Waals surface area contributed by atoms with E-state index in [1.54, 1.807) is 43.3 Å². The summed E-state index contributed by atoms with van der Waals surface area (Å²) in [6, 6.07) is 11.3. The molecule has 2 rings (SSSR count). The third-order valence-electron chi connectivity index (χ3n) is 3.31. The third kappa shape index (κ3) is 2.79. The molecule has 0 radical (unpaired) electrons. The van der Waals surface area contributed by atoms with Gasteiger partial charge in [0.25, 0.3) is 0 Å². The summed E-state index contributed by atoms with van der Waals surface area (Å²) in [4.78, 5) is 11.1. The molecule has 0 saturated carbocycles. The topological polar surface area (TPSA) is 49.3 Å². The number of nitrogens with one attached hydrogen (secondary N) is 1. The van der Waals surface area contributed by atoms with Crippen LogP contribution in [0.3, 0.4) is 0 Å². The van der Waals surface area contributed by atoms with E-state index in [0.717, 1.165) is 0 Å². The zero-order valence-corrected chi connectivity index (χ0v) is 11.4. The fourth-order valence-corrected chi connectivity index (χ4v) is 2.16. The third-order valence-corrected chi connectivity index (χ3v) is 3.31. The molecule has 1 unspecified atom stereocenters. The fraction of sp³-hybridized carbons (Fsp3) is 0.188. The summed E-state index contributed by atoms with van der Waals surface area (Å²) in [6.07, 6.45) is 0. The molecular weight excluding hydrogens is 257 g/mol. The molecule has 0 spiro atoms. The van der Waals surface area contributed by atoms with Crippen LogP contribution in [0.2, 0.25) is 0 Å².